The molecule has 1 N–H and O–H groups in total. The van der Waals surface area contributed by atoms with Crippen molar-refractivity contribution in [2.45, 2.75) is 37.7 Å². The van der Waals surface area contributed by atoms with Gasteiger partial charge in [0.25, 0.3) is 5.91 Å². The average Bonchev–Trinajstić information content (AvgIpc) is 2.50. The topological polar surface area (TPSA) is 101 Å². The molecule has 0 fully saturated rings. The minimum absolute atomic E-state index is 0.0456. The van der Waals surface area contributed by atoms with Crippen LogP contribution in [0.25, 0.3) is 0 Å². The van der Waals surface area contributed by atoms with E-state index in [-0.39, 0.29) is 10.6 Å². The lowest BCUT2D eigenvalue weighted by Crippen LogP contribution is -2.47. The molecule has 7 nitrogen and oxygen atoms in total. The first-order valence-corrected chi connectivity index (χ1v) is 9.02. The Morgan fingerprint density at radius 3 is 2.61 bits per heavy atom. The first-order valence-electron chi connectivity index (χ1n) is 7.36. The second-order valence-corrected chi connectivity index (χ2v) is 7.51. The van der Waals surface area contributed by atoms with Crippen molar-refractivity contribution in [3.05, 3.63) is 18.2 Å². The van der Waals surface area contributed by atoms with Gasteiger partial charge in [0.1, 0.15) is 5.75 Å². The number of carboxylic acids is 1. The van der Waals surface area contributed by atoms with Gasteiger partial charge in [-0.05, 0) is 24.6 Å². The predicted octanol–water partition coefficient (Wildman–Crippen LogP) is 1.46. The Morgan fingerprint density at radius 2 is 2.04 bits per heavy atom. The van der Waals surface area contributed by atoms with E-state index in [0.29, 0.717) is 24.4 Å². The molecule has 0 saturated heterocycles. The molecule has 0 aromatic heterocycles. The Hall–Kier alpha value is -2.09. The zero-order chi connectivity index (χ0) is 17.2. The molecule has 0 aliphatic carbocycles. The fourth-order valence-electron chi connectivity index (χ4n) is 2.41. The lowest BCUT2D eigenvalue weighted by molar-refractivity contribution is -0.142. The van der Waals surface area contributed by atoms with Crippen LogP contribution in [-0.2, 0) is 19.4 Å². The number of amides is 1. The minimum Gasteiger partial charge on any atom is -0.481 e. The van der Waals surface area contributed by atoms with Crippen LogP contribution in [0.4, 0.5) is 5.69 Å². The third-order valence-corrected chi connectivity index (χ3v) is 5.31. The molecule has 0 spiro atoms. The van der Waals surface area contributed by atoms with E-state index in [1.165, 1.54) is 23.1 Å². The van der Waals surface area contributed by atoms with Crippen molar-refractivity contribution in [3.63, 3.8) is 0 Å². The smallest absolute Gasteiger partial charge is 0.307 e. The number of fused-ring (bicyclic) bond motifs is 1. The quantitative estimate of drug-likeness (QED) is 0.840. The molecule has 1 aromatic carbocycles. The molecule has 126 valence electrons. The van der Waals surface area contributed by atoms with E-state index in [9.17, 15) is 18.0 Å². The number of hydrogen-bond donors (Lipinski definition) is 1. The number of carboxylic acid groups (broad SMARTS) is 1. The second-order valence-electron chi connectivity index (χ2n) is 5.23. The van der Waals surface area contributed by atoms with Crippen molar-refractivity contribution in [3.8, 4) is 5.75 Å². The molecule has 1 unspecified atom stereocenters. The van der Waals surface area contributed by atoms with Crippen molar-refractivity contribution in [1.29, 1.82) is 0 Å². The summed E-state index contributed by atoms with van der Waals surface area (Å²) in [6.45, 7) is 3.78. The van der Waals surface area contributed by atoms with E-state index in [4.69, 9.17) is 9.84 Å². The summed E-state index contributed by atoms with van der Waals surface area (Å²) < 4.78 is 29.5. The number of aliphatic carboxylic acids is 1. The Labute approximate surface area is 134 Å². The minimum atomic E-state index is -3.41. The maximum Gasteiger partial charge on any atom is 0.307 e. The van der Waals surface area contributed by atoms with Crippen molar-refractivity contribution in [2.75, 3.05) is 17.2 Å². The third kappa shape index (κ3) is 3.47. The zero-order valence-electron chi connectivity index (χ0n) is 13.0. The van der Waals surface area contributed by atoms with E-state index >= 15 is 0 Å². The first-order chi connectivity index (χ1) is 10.8. The number of benzene rings is 1. The molecular weight excluding hydrogens is 322 g/mol. The van der Waals surface area contributed by atoms with Crippen molar-refractivity contribution < 1.29 is 27.9 Å². The number of anilines is 1. The molecule has 0 radical (unpaired) electrons. The molecule has 23 heavy (non-hydrogen) atoms. The van der Waals surface area contributed by atoms with E-state index in [1.807, 2.05) is 6.92 Å². The fourth-order valence-corrected chi connectivity index (χ4v) is 3.31. The van der Waals surface area contributed by atoms with Gasteiger partial charge in [-0.3, -0.25) is 9.59 Å². The third-order valence-electron chi connectivity index (χ3n) is 3.58. The summed E-state index contributed by atoms with van der Waals surface area (Å²) in [7, 11) is -3.41. The monoisotopic (exact) mass is 341 g/mol. The molecule has 0 bridgehead atoms. The molecule has 1 aliphatic heterocycles. The van der Waals surface area contributed by atoms with Crippen molar-refractivity contribution in [2.24, 2.45) is 0 Å². The van der Waals surface area contributed by atoms with Gasteiger partial charge in [0.05, 0.1) is 22.8 Å². The van der Waals surface area contributed by atoms with Crippen LogP contribution in [0.15, 0.2) is 23.1 Å². The van der Waals surface area contributed by atoms with Crippen LogP contribution in [0.1, 0.15) is 26.7 Å². The highest BCUT2D eigenvalue weighted by Gasteiger charge is 2.36. The lowest BCUT2D eigenvalue weighted by atomic mass is 10.1. The molecule has 1 atom stereocenters. The maximum absolute atomic E-state index is 12.4. The van der Waals surface area contributed by atoms with Crippen LogP contribution in [0.5, 0.6) is 5.75 Å². The number of sulfone groups is 1. The molecule has 1 aliphatic rings. The first kappa shape index (κ1) is 17.3. The predicted molar refractivity (Wildman–Crippen MR) is 83.5 cm³/mol. The summed E-state index contributed by atoms with van der Waals surface area (Å²) in [5, 5.41) is 8.90. The highest BCUT2D eigenvalue weighted by Crippen LogP contribution is 2.37. The van der Waals surface area contributed by atoms with Gasteiger partial charge in [-0.1, -0.05) is 13.8 Å². The fraction of sp³-hybridized carbons (Fsp3) is 0.467. The van der Waals surface area contributed by atoms with Crippen LogP contribution >= 0.6 is 0 Å². The Bertz CT molecular complexity index is 727. The van der Waals surface area contributed by atoms with Gasteiger partial charge in [-0.15, -0.1) is 0 Å². The number of rotatable bonds is 6. The summed E-state index contributed by atoms with van der Waals surface area (Å²) in [6, 6.07) is 4.30. The zero-order valence-corrected chi connectivity index (χ0v) is 13.8. The van der Waals surface area contributed by atoms with Gasteiger partial charge in [0.15, 0.2) is 15.9 Å². The summed E-state index contributed by atoms with van der Waals surface area (Å²) >= 11 is 0. The average molecular weight is 341 g/mol. The summed E-state index contributed by atoms with van der Waals surface area (Å²) in [5.74, 6) is -1.32. The Balaban J connectivity index is 2.49. The van der Waals surface area contributed by atoms with E-state index in [2.05, 4.69) is 0 Å². The largest absolute Gasteiger partial charge is 0.481 e. The molecule has 0 saturated carbocycles. The molecule has 8 heteroatoms. The summed E-state index contributed by atoms with van der Waals surface area (Å²) in [5.41, 5.74) is 0.369. The number of carbonyl (C=O) groups excluding carboxylic acids is 1. The van der Waals surface area contributed by atoms with Crippen molar-refractivity contribution in [1.82, 2.24) is 0 Å². The highest BCUT2D eigenvalue weighted by atomic mass is 32.2. The van der Waals surface area contributed by atoms with Gasteiger partial charge in [0, 0.05) is 6.54 Å². The maximum atomic E-state index is 12.4. The Morgan fingerprint density at radius 1 is 1.35 bits per heavy atom. The second kappa shape index (κ2) is 6.57. The van der Waals surface area contributed by atoms with Gasteiger partial charge in [-0.25, -0.2) is 8.42 Å². The van der Waals surface area contributed by atoms with E-state index in [1.54, 1.807) is 6.92 Å². The van der Waals surface area contributed by atoms with Crippen LogP contribution < -0.4 is 9.64 Å². The van der Waals surface area contributed by atoms with Gasteiger partial charge in [-0.2, -0.15) is 0 Å². The molecule has 1 heterocycles. The van der Waals surface area contributed by atoms with Gasteiger partial charge >= 0.3 is 5.97 Å². The normalized spacial score (nSPS) is 17.6. The molecular formula is C15H19NO6S. The van der Waals surface area contributed by atoms with Gasteiger partial charge in [0.2, 0.25) is 0 Å². The van der Waals surface area contributed by atoms with Crippen molar-refractivity contribution >= 4 is 27.4 Å². The van der Waals surface area contributed by atoms with E-state index < -0.39 is 34.2 Å². The SMILES string of the molecule is CCCN1C(=O)C(CC(=O)O)Oc2ccc(S(=O)(=O)CC)cc21. The summed E-state index contributed by atoms with van der Waals surface area (Å²) in [4.78, 5) is 24.8. The standard InChI is InChI=1S/C15H19NO6S/c1-3-7-16-11-8-10(23(20,21)4-2)5-6-12(11)22-13(15(16)19)9-14(17)18/h5-6,8,13H,3-4,7,9H2,1-2H3,(H,17,18). The summed E-state index contributed by atoms with van der Waals surface area (Å²) in [6.07, 6.45) is -0.886. The van der Waals surface area contributed by atoms with E-state index in [0.717, 1.165) is 0 Å². The van der Waals surface area contributed by atoms with Gasteiger partial charge < -0.3 is 14.7 Å². The van der Waals surface area contributed by atoms with Crippen LogP contribution in [0.3, 0.4) is 0 Å². The van der Waals surface area contributed by atoms with Crippen LogP contribution in [-0.4, -0.2) is 43.8 Å². The van der Waals surface area contributed by atoms with Crippen LogP contribution in [0, 0.1) is 0 Å². The number of ether oxygens (including phenoxy) is 1. The molecule has 1 aromatic rings. The molecule has 1 amide bonds. The number of nitrogens with zero attached hydrogens (tertiary/aromatic N) is 1. The molecule has 2 rings (SSSR count). The highest BCUT2D eigenvalue weighted by molar-refractivity contribution is 7.91. The number of carbonyl (C=O) groups is 2. The number of hydrogen-bond acceptors (Lipinski definition) is 5. The Kier molecular flexibility index (Phi) is 4.93. The lowest BCUT2D eigenvalue weighted by Gasteiger charge is -2.34. The van der Waals surface area contributed by atoms with Crippen LogP contribution in [0.2, 0.25) is 0 Å².